The van der Waals surface area contributed by atoms with E-state index in [1.165, 1.54) is 25.2 Å². The van der Waals surface area contributed by atoms with Crippen LogP contribution in [0.3, 0.4) is 0 Å². The summed E-state index contributed by atoms with van der Waals surface area (Å²) >= 11 is 0. The predicted molar refractivity (Wildman–Crippen MR) is 117 cm³/mol. The third kappa shape index (κ3) is 4.76. The van der Waals surface area contributed by atoms with Crippen LogP contribution in [-0.2, 0) is 13.1 Å². The van der Waals surface area contributed by atoms with Crippen LogP contribution in [-0.4, -0.2) is 56.6 Å². The van der Waals surface area contributed by atoms with Crippen LogP contribution in [0, 0.1) is 11.8 Å². The van der Waals surface area contributed by atoms with Gasteiger partial charge in [0.1, 0.15) is 5.82 Å². The van der Waals surface area contributed by atoms with Crippen LogP contribution in [0.25, 0.3) is 0 Å². The van der Waals surface area contributed by atoms with Gasteiger partial charge in [0.2, 0.25) is 0 Å². The Morgan fingerprint density at radius 1 is 1.20 bits per heavy atom. The van der Waals surface area contributed by atoms with Crippen molar-refractivity contribution < 1.29 is 9.90 Å². The molecule has 6 nitrogen and oxygen atoms in total. The maximum absolute atomic E-state index is 11.4. The first-order chi connectivity index (χ1) is 14.5. The second kappa shape index (κ2) is 9.31. The molecule has 2 aromatic rings. The number of carboxylic acids is 1. The molecule has 1 atom stereocenters. The third-order valence-corrected chi connectivity index (χ3v) is 6.51. The normalized spacial score (nSPS) is 21.5. The van der Waals surface area contributed by atoms with Crippen molar-refractivity contribution >= 4 is 5.97 Å². The second-order valence-electron chi connectivity index (χ2n) is 9.29. The van der Waals surface area contributed by atoms with Crippen molar-refractivity contribution in [3.63, 3.8) is 0 Å². The molecule has 0 radical (unpaired) electrons. The molecule has 1 unspecified atom stereocenters. The zero-order valence-corrected chi connectivity index (χ0v) is 18.2. The van der Waals surface area contributed by atoms with E-state index in [1.54, 1.807) is 6.07 Å². The number of nitrogens with zero attached hydrogens (tertiary/aromatic N) is 4. The number of rotatable bonds is 6. The van der Waals surface area contributed by atoms with Crippen molar-refractivity contribution in [2.45, 2.75) is 52.2 Å². The van der Waals surface area contributed by atoms with E-state index in [-0.39, 0.29) is 6.04 Å². The number of hydrogen-bond acceptors (Lipinski definition) is 4. The van der Waals surface area contributed by atoms with Crippen molar-refractivity contribution in [1.82, 2.24) is 19.4 Å². The lowest BCUT2D eigenvalue weighted by atomic mass is 9.87. The summed E-state index contributed by atoms with van der Waals surface area (Å²) in [5.74, 6) is 1.60. The van der Waals surface area contributed by atoms with Crippen molar-refractivity contribution in [2.75, 3.05) is 26.2 Å². The summed E-state index contributed by atoms with van der Waals surface area (Å²) in [7, 11) is 0. The Morgan fingerprint density at radius 3 is 2.73 bits per heavy atom. The highest BCUT2D eigenvalue weighted by Gasteiger charge is 2.35. The van der Waals surface area contributed by atoms with Gasteiger partial charge in [-0.3, -0.25) is 4.90 Å². The minimum Gasteiger partial charge on any atom is -0.478 e. The van der Waals surface area contributed by atoms with Crippen molar-refractivity contribution in [3.8, 4) is 0 Å². The molecule has 0 saturated carbocycles. The molecule has 1 fully saturated rings. The van der Waals surface area contributed by atoms with Crippen LogP contribution in [0.4, 0.5) is 0 Å². The fraction of sp³-hybridized carbons (Fsp3) is 0.583. The average Bonchev–Trinajstić information content (AvgIpc) is 3.10. The van der Waals surface area contributed by atoms with E-state index in [2.05, 4.69) is 34.4 Å². The number of imidazole rings is 1. The number of aromatic nitrogens is 2. The van der Waals surface area contributed by atoms with Crippen molar-refractivity contribution in [2.24, 2.45) is 11.8 Å². The SMILES string of the molecule is CC(C)CN1CCC(C2c3nccn3CCCN2Cc2cccc(C(=O)O)c2)CC1. The molecule has 30 heavy (non-hydrogen) atoms. The summed E-state index contributed by atoms with van der Waals surface area (Å²) in [6.45, 7) is 10.9. The number of aromatic carboxylic acids is 1. The monoisotopic (exact) mass is 410 g/mol. The molecule has 3 heterocycles. The summed E-state index contributed by atoms with van der Waals surface area (Å²) in [5, 5.41) is 9.37. The molecule has 1 aromatic carbocycles. The van der Waals surface area contributed by atoms with E-state index in [9.17, 15) is 9.90 Å². The van der Waals surface area contributed by atoms with Crippen LogP contribution >= 0.6 is 0 Å². The lowest BCUT2D eigenvalue weighted by molar-refractivity contribution is 0.0694. The molecule has 162 valence electrons. The average molecular weight is 411 g/mol. The predicted octanol–water partition coefficient (Wildman–Crippen LogP) is 3.90. The highest BCUT2D eigenvalue weighted by molar-refractivity contribution is 5.87. The fourth-order valence-corrected chi connectivity index (χ4v) is 5.21. The van der Waals surface area contributed by atoms with Crippen molar-refractivity contribution in [1.29, 1.82) is 0 Å². The summed E-state index contributed by atoms with van der Waals surface area (Å²) in [5.41, 5.74) is 1.43. The quantitative estimate of drug-likeness (QED) is 0.783. The summed E-state index contributed by atoms with van der Waals surface area (Å²) < 4.78 is 2.33. The minimum atomic E-state index is -0.864. The van der Waals surface area contributed by atoms with Gasteiger partial charge < -0.3 is 14.6 Å². The molecule has 2 aliphatic rings. The highest BCUT2D eigenvalue weighted by atomic mass is 16.4. The molecule has 1 saturated heterocycles. The molecule has 0 bridgehead atoms. The lowest BCUT2D eigenvalue weighted by Gasteiger charge is -2.40. The Bertz CT molecular complexity index is 854. The van der Waals surface area contributed by atoms with Gasteiger partial charge in [-0.2, -0.15) is 0 Å². The van der Waals surface area contributed by atoms with E-state index < -0.39 is 5.97 Å². The number of carbonyl (C=O) groups is 1. The van der Waals surface area contributed by atoms with Gasteiger partial charge in [0.05, 0.1) is 11.6 Å². The third-order valence-electron chi connectivity index (χ3n) is 6.51. The largest absolute Gasteiger partial charge is 0.478 e. The lowest BCUT2D eigenvalue weighted by Crippen LogP contribution is -2.42. The maximum Gasteiger partial charge on any atom is 0.335 e. The molecule has 6 heteroatoms. The Balaban J connectivity index is 1.56. The Morgan fingerprint density at radius 2 is 2.00 bits per heavy atom. The molecule has 1 N–H and O–H groups in total. The van der Waals surface area contributed by atoms with Gasteiger partial charge >= 0.3 is 5.97 Å². The number of benzene rings is 1. The van der Waals surface area contributed by atoms with Gasteiger partial charge in [-0.05, 0) is 61.9 Å². The summed E-state index contributed by atoms with van der Waals surface area (Å²) in [4.78, 5) is 21.4. The van der Waals surface area contributed by atoms with Gasteiger partial charge in [0.25, 0.3) is 0 Å². The van der Waals surface area contributed by atoms with E-state index in [1.807, 2.05) is 24.4 Å². The first-order valence-electron chi connectivity index (χ1n) is 11.3. The Labute approximate surface area is 179 Å². The molecule has 1 aromatic heterocycles. The van der Waals surface area contributed by atoms with E-state index in [0.717, 1.165) is 44.7 Å². The summed E-state index contributed by atoms with van der Waals surface area (Å²) in [6.07, 6.45) is 7.52. The highest BCUT2D eigenvalue weighted by Crippen LogP contribution is 2.37. The zero-order valence-electron chi connectivity index (χ0n) is 18.2. The van der Waals surface area contributed by atoms with Gasteiger partial charge in [-0.25, -0.2) is 9.78 Å². The minimum absolute atomic E-state index is 0.289. The molecular weight excluding hydrogens is 376 g/mol. The number of fused-ring (bicyclic) bond motifs is 1. The van der Waals surface area contributed by atoms with Crippen LogP contribution in [0.1, 0.15) is 60.9 Å². The topological polar surface area (TPSA) is 61.6 Å². The Kier molecular flexibility index (Phi) is 6.54. The van der Waals surface area contributed by atoms with Gasteiger partial charge in [-0.15, -0.1) is 0 Å². The molecule has 0 aliphatic carbocycles. The van der Waals surface area contributed by atoms with Crippen LogP contribution in [0.15, 0.2) is 36.7 Å². The molecule has 0 amide bonds. The van der Waals surface area contributed by atoms with E-state index >= 15 is 0 Å². The smallest absolute Gasteiger partial charge is 0.335 e. The molecular formula is C24H34N4O2. The van der Waals surface area contributed by atoms with E-state index in [4.69, 9.17) is 4.98 Å². The van der Waals surface area contributed by atoms with Crippen molar-refractivity contribution in [3.05, 3.63) is 53.6 Å². The number of carboxylic acid groups (broad SMARTS) is 1. The second-order valence-corrected chi connectivity index (χ2v) is 9.29. The van der Waals surface area contributed by atoms with Gasteiger partial charge in [0.15, 0.2) is 0 Å². The number of aryl methyl sites for hydroxylation is 1. The first kappa shape index (κ1) is 21.1. The van der Waals surface area contributed by atoms with Gasteiger partial charge in [0, 0.05) is 38.6 Å². The number of likely N-dealkylation sites (tertiary alicyclic amines) is 1. The number of hydrogen-bond donors (Lipinski definition) is 1. The fourth-order valence-electron chi connectivity index (χ4n) is 5.21. The number of piperidine rings is 1. The molecule has 2 aliphatic heterocycles. The van der Waals surface area contributed by atoms with E-state index in [0.29, 0.717) is 17.4 Å². The van der Waals surface area contributed by atoms with Crippen LogP contribution in [0.5, 0.6) is 0 Å². The van der Waals surface area contributed by atoms with Crippen LogP contribution < -0.4 is 0 Å². The molecule has 4 rings (SSSR count). The zero-order chi connectivity index (χ0) is 21.1. The maximum atomic E-state index is 11.4. The standard InChI is InChI=1S/C24H34N4O2/c1-18(2)16-26-12-7-20(8-13-26)22-23-25-9-14-27(23)10-4-11-28(22)17-19-5-3-6-21(15-19)24(29)30/h3,5-6,9,14-15,18,20,22H,4,7-8,10-13,16-17H2,1-2H3,(H,29,30). The van der Waals surface area contributed by atoms with Gasteiger partial charge in [-0.1, -0.05) is 26.0 Å². The first-order valence-corrected chi connectivity index (χ1v) is 11.3. The summed E-state index contributed by atoms with van der Waals surface area (Å²) in [6, 6.07) is 7.69. The Hall–Kier alpha value is -2.18. The van der Waals surface area contributed by atoms with Crippen LogP contribution in [0.2, 0.25) is 0 Å². The molecule has 0 spiro atoms.